The minimum absolute atomic E-state index is 0.138. The van der Waals surface area contributed by atoms with E-state index in [1.807, 2.05) is 0 Å². The van der Waals surface area contributed by atoms with Crippen LogP contribution in [-0.4, -0.2) is 50.1 Å². The van der Waals surface area contributed by atoms with E-state index in [2.05, 4.69) is 24.1 Å². The van der Waals surface area contributed by atoms with Gasteiger partial charge in [-0.1, -0.05) is 13.8 Å². The fourth-order valence-electron chi connectivity index (χ4n) is 1.56. The maximum Gasteiger partial charge on any atom is 0.220 e. The number of nitrogens with one attached hydrogen (secondary N) is 1. The van der Waals surface area contributed by atoms with Crippen LogP contribution in [0.1, 0.15) is 26.7 Å². The quantitative estimate of drug-likeness (QED) is 0.495. The van der Waals surface area contributed by atoms with Gasteiger partial charge in [0.15, 0.2) is 0 Å². The monoisotopic (exact) mass is 244 g/mol. The normalized spacial score (nSPS) is 11.2. The summed E-state index contributed by atoms with van der Waals surface area (Å²) in [5, 5.41) is 2.92. The third-order valence-electron chi connectivity index (χ3n) is 2.59. The summed E-state index contributed by atoms with van der Waals surface area (Å²) < 4.78 is 0. The lowest BCUT2D eigenvalue weighted by Gasteiger charge is -2.20. The molecule has 0 aromatic carbocycles. The highest BCUT2D eigenvalue weighted by Gasteiger charge is 2.05. The highest BCUT2D eigenvalue weighted by Crippen LogP contribution is 2.02. The molecule has 5 nitrogen and oxygen atoms in total. The summed E-state index contributed by atoms with van der Waals surface area (Å²) in [6.07, 6.45) is 1.56. The molecule has 0 heterocycles. The second kappa shape index (κ2) is 10.5. The summed E-state index contributed by atoms with van der Waals surface area (Å²) in [6.45, 7) is 8.66. The van der Waals surface area contributed by atoms with Gasteiger partial charge < -0.3 is 16.8 Å². The molecule has 0 aliphatic rings. The van der Waals surface area contributed by atoms with E-state index >= 15 is 0 Å². The van der Waals surface area contributed by atoms with Gasteiger partial charge in [0.1, 0.15) is 0 Å². The number of nitrogens with zero attached hydrogens (tertiary/aromatic N) is 1. The van der Waals surface area contributed by atoms with E-state index in [0.29, 0.717) is 32.0 Å². The van der Waals surface area contributed by atoms with Gasteiger partial charge in [0.2, 0.25) is 5.91 Å². The third kappa shape index (κ3) is 10.2. The van der Waals surface area contributed by atoms with Gasteiger partial charge in [0.25, 0.3) is 0 Å². The molecule has 5 heteroatoms. The summed E-state index contributed by atoms with van der Waals surface area (Å²) >= 11 is 0. The lowest BCUT2D eigenvalue weighted by molar-refractivity contribution is -0.121. The van der Waals surface area contributed by atoms with Crippen molar-refractivity contribution in [2.45, 2.75) is 26.7 Å². The first-order valence-electron chi connectivity index (χ1n) is 6.49. The van der Waals surface area contributed by atoms with E-state index in [1.54, 1.807) is 0 Å². The molecule has 0 rings (SSSR count). The van der Waals surface area contributed by atoms with Gasteiger partial charge in [-0.2, -0.15) is 0 Å². The number of hydrogen-bond donors (Lipinski definition) is 3. The van der Waals surface area contributed by atoms with Gasteiger partial charge in [0.05, 0.1) is 0 Å². The fourth-order valence-corrected chi connectivity index (χ4v) is 1.56. The molecule has 17 heavy (non-hydrogen) atoms. The zero-order chi connectivity index (χ0) is 13.1. The molecular weight excluding hydrogens is 216 g/mol. The molecule has 5 N–H and O–H groups in total. The standard InChI is InChI=1S/C12H28N4O/c1-11(2)3-4-12(17)15-7-10-16(8-5-13)9-6-14/h11H,3-10,13-14H2,1-2H3,(H,15,17). The van der Waals surface area contributed by atoms with Gasteiger partial charge in [-0.15, -0.1) is 0 Å². The Morgan fingerprint density at radius 2 is 1.76 bits per heavy atom. The minimum atomic E-state index is 0.138. The molecule has 0 aliphatic heterocycles. The number of carbonyl (C=O) groups excluding carboxylic acids is 1. The first-order chi connectivity index (χ1) is 8.10. The van der Waals surface area contributed by atoms with Crippen LogP contribution in [0.25, 0.3) is 0 Å². The molecule has 0 unspecified atom stereocenters. The van der Waals surface area contributed by atoms with Crippen molar-refractivity contribution in [3.63, 3.8) is 0 Å². The molecule has 0 aromatic rings. The Balaban J connectivity index is 3.61. The van der Waals surface area contributed by atoms with Gasteiger partial charge in [-0.05, 0) is 12.3 Å². The van der Waals surface area contributed by atoms with Crippen LogP contribution in [0.5, 0.6) is 0 Å². The second-order valence-corrected chi connectivity index (χ2v) is 4.70. The van der Waals surface area contributed by atoms with Crippen molar-refractivity contribution in [1.82, 2.24) is 10.2 Å². The van der Waals surface area contributed by atoms with E-state index in [0.717, 1.165) is 26.1 Å². The first kappa shape index (κ1) is 16.4. The Morgan fingerprint density at radius 3 is 2.24 bits per heavy atom. The van der Waals surface area contributed by atoms with Crippen molar-refractivity contribution in [3.05, 3.63) is 0 Å². The summed E-state index contributed by atoms with van der Waals surface area (Å²) in [6, 6.07) is 0. The predicted octanol–water partition coefficient (Wildman–Crippen LogP) is -0.242. The molecule has 0 aromatic heterocycles. The average molecular weight is 244 g/mol. The Labute approximate surface area is 105 Å². The van der Waals surface area contributed by atoms with Crippen LogP contribution in [0.15, 0.2) is 0 Å². The summed E-state index contributed by atoms with van der Waals surface area (Å²) in [5.74, 6) is 0.714. The molecule has 0 spiro atoms. The van der Waals surface area contributed by atoms with E-state index in [4.69, 9.17) is 11.5 Å². The van der Waals surface area contributed by atoms with Crippen molar-refractivity contribution in [2.75, 3.05) is 39.3 Å². The largest absolute Gasteiger partial charge is 0.355 e. The van der Waals surface area contributed by atoms with Crippen molar-refractivity contribution in [1.29, 1.82) is 0 Å². The van der Waals surface area contributed by atoms with Gasteiger partial charge in [-0.3, -0.25) is 9.69 Å². The van der Waals surface area contributed by atoms with Crippen molar-refractivity contribution < 1.29 is 4.79 Å². The second-order valence-electron chi connectivity index (χ2n) is 4.70. The average Bonchev–Trinajstić information content (AvgIpc) is 2.27. The molecule has 0 saturated heterocycles. The van der Waals surface area contributed by atoms with Crippen LogP contribution in [0.2, 0.25) is 0 Å². The Hall–Kier alpha value is -0.650. The number of carbonyl (C=O) groups is 1. The maximum absolute atomic E-state index is 11.5. The Kier molecular flexibility index (Phi) is 10.1. The SMILES string of the molecule is CC(C)CCC(=O)NCCN(CCN)CCN. The Bertz CT molecular complexity index is 191. The van der Waals surface area contributed by atoms with E-state index in [9.17, 15) is 4.79 Å². The zero-order valence-corrected chi connectivity index (χ0v) is 11.2. The molecule has 1 amide bonds. The summed E-state index contributed by atoms with van der Waals surface area (Å²) in [5.41, 5.74) is 11.0. The van der Waals surface area contributed by atoms with Crippen LogP contribution in [0, 0.1) is 5.92 Å². The van der Waals surface area contributed by atoms with Crippen LogP contribution in [0.4, 0.5) is 0 Å². The van der Waals surface area contributed by atoms with Gasteiger partial charge in [0, 0.05) is 45.7 Å². The predicted molar refractivity (Wildman–Crippen MR) is 71.6 cm³/mol. The number of nitrogens with two attached hydrogens (primary N) is 2. The van der Waals surface area contributed by atoms with E-state index in [1.165, 1.54) is 0 Å². The fraction of sp³-hybridized carbons (Fsp3) is 0.917. The van der Waals surface area contributed by atoms with Crippen molar-refractivity contribution in [2.24, 2.45) is 17.4 Å². The Morgan fingerprint density at radius 1 is 1.18 bits per heavy atom. The lowest BCUT2D eigenvalue weighted by Crippen LogP contribution is -2.39. The number of amides is 1. The van der Waals surface area contributed by atoms with E-state index < -0.39 is 0 Å². The molecule has 0 aliphatic carbocycles. The van der Waals surface area contributed by atoms with Crippen LogP contribution >= 0.6 is 0 Å². The van der Waals surface area contributed by atoms with Gasteiger partial charge in [-0.25, -0.2) is 0 Å². The van der Waals surface area contributed by atoms with Crippen LogP contribution in [-0.2, 0) is 4.79 Å². The van der Waals surface area contributed by atoms with E-state index in [-0.39, 0.29) is 5.91 Å². The highest BCUT2D eigenvalue weighted by molar-refractivity contribution is 5.75. The van der Waals surface area contributed by atoms with Crippen LogP contribution in [0.3, 0.4) is 0 Å². The van der Waals surface area contributed by atoms with Crippen molar-refractivity contribution >= 4 is 5.91 Å². The first-order valence-corrected chi connectivity index (χ1v) is 6.49. The molecule has 0 radical (unpaired) electrons. The number of rotatable bonds is 10. The summed E-state index contributed by atoms with van der Waals surface area (Å²) in [7, 11) is 0. The lowest BCUT2D eigenvalue weighted by atomic mass is 10.1. The molecule has 102 valence electrons. The minimum Gasteiger partial charge on any atom is -0.355 e. The van der Waals surface area contributed by atoms with Gasteiger partial charge >= 0.3 is 0 Å². The molecule has 0 saturated carbocycles. The molecular formula is C12H28N4O. The number of hydrogen-bond acceptors (Lipinski definition) is 4. The topological polar surface area (TPSA) is 84.4 Å². The smallest absolute Gasteiger partial charge is 0.220 e. The third-order valence-corrected chi connectivity index (χ3v) is 2.59. The molecule has 0 atom stereocenters. The summed E-state index contributed by atoms with van der Waals surface area (Å²) in [4.78, 5) is 13.6. The van der Waals surface area contributed by atoms with Crippen molar-refractivity contribution in [3.8, 4) is 0 Å². The molecule has 0 fully saturated rings. The maximum atomic E-state index is 11.5. The molecule has 0 bridgehead atoms. The highest BCUT2D eigenvalue weighted by atomic mass is 16.1. The zero-order valence-electron chi connectivity index (χ0n) is 11.2. The van der Waals surface area contributed by atoms with Crippen LogP contribution < -0.4 is 16.8 Å².